The number of ether oxygens (including phenoxy) is 2. The SMILES string of the molecule is COc1cc(/C=C2/C(=O)N(c3ccccc3)N=C2C)c(Br)cc1OCC(=O)Nc1ccccc1. The van der Waals surface area contributed by atoms with Crippen molar-refractivity contribution < 1.29 is 19.1 Å². The summed E-state index contributed by atoms with van der Waals surface area (Å²) in [4.78, 5) is 25.2. The summed E-state index contributed by atoms with van der Waals surface area (Å²) in [5, 5.41) is 8.56. The maximum atomic E-state index is 13.0. The second kappa shape index (κ2) is 10.4. The summed E-state index contributed by atoms with van der Waals surface area (Å²) in [6, 6.07) is 21.9. The Balaban J connectivity index is 1.52. The highest BCUT2D eigenvalue weighted by atomic mass is 79.9. The molecule has 1 heterocycles. The van der Waals surface area contributed by atoms with Crippen molar-refractivity contribution in [3.8, 4) is 11.5 Å². The van der Waals surface area contributed by atoms with E-state index in [1.807, 2.05) is 48.5 Å². The molecule has 2 amide bonds. The molecule has 0 atom stereocenters. The second-order valence-corrected chi connectivity index (χ2v) is 8.28. The van der Waals surface area contributed by atoms with Crippen LogP contribution in [0.25, 0.3) is 6.08 Å². The van der Waals surface area contributed by atoms with Crippen molar-refractivity contribution in [2.75, 3.05) is 24.0 Å². The number of hydrazone groups is 1. The number of anilines is 2. The molecule has 34 heavy (non-hydrogen) atoms. The molecule has 0 saturated heterocycles. The third kappa shape index (κ3) is 5.18. The van der Waals surface area contributed by atoms with Gasteiger partial charge in [-0.1, -0.05) is 52.3 Å². The minimum Gasteiger partial charge on any atom is -0.493 e. The predicted molar refractivity (Wildman–Crippen MR) is 136 cm³/mol. The number of carbonyl (C=O) groups excluding carboxylic acids is 2. The largest absolute Gasteiger partial charge is 0.493 e. The number of benzene rings is 3. The number of rotatable bonds is 7. The number of nitrogens with one attached hydrogen (secondary N) is 1. The number of carbonyl (C=O) groups is 2. The van der Waals surface area contributed by atoms with E-state index in [9.17, 15) is 9.59 Å². The van der Waals surface area contributed by atoms with Crippen LogP contribution in [-0.2, 0) is 9.59 Å². The van der Waals surface area contributed by atoms with Gasteiger partial charge < -0.3 is 14.8 Å². The van der Waals surface area contributed by atoms with Crippen LogP contribution in [0.1, 0.15) is 12.5 Å². The van der Waals surface area contributed by atoms with E-state index in [4.69, 9.17) is 9.47 Å². The van der Waals surface area contributed by atoms with E-state index in [-0.39, 0.29) is 18.4 Å². The molecule has 7 nitrogen and oxygen atoms in total. The molecule has 1 aliphatic heterocycles. The summed E-state index contributed by atoms with van der Waals surface area (Å²) >= 11 is 3.53. The number of amides is 2. The molecule has 0 fully saturated rings. The molecule has 0 bridgehead atoms. The van der Waals surface area contributed by atoms with Crippen LogP contribution in [0.2, 0.25) is 0 Å². The molecule has 1 N–H and O–H groups in total. The van der Waals surface area contributed by atoms with Gasteiger partial charge in [-0.15, -0.1) is 0 Å². The van der Waals surface area contributed by atoms with Gasteiger partial charge in [0.05, 0.1) is 24.1 Å². The zero-order chi connectivity index (χ0) is 24.1. The van der Waals surface area contributed by atoms with E-state index < -0.39 is 0 Å². The first kappa shape index (κ1) is 23.3. The second-order valence-electron chi connectivity index (χ2n) is 7.42. The van der Waals surface area contributed by atoms with Crippen LogP contribution in [0.15, 0.2) is 87.9 Å². The molecule has 172 valence electrons. The van der Waals surface area contributed by atoms with E-state index in [2.05, 4.69) is 26.3 Å². The lowest BCUT2D eigenvalue weighted by Gasteiger charge is -2.13. The van der Waals surface area contributed by atoms with E-state index in [1.54, 1.807) is 37.3 Å². The molecule has 3 aromatic carbocycles. The molecule has 0 saturated carbocycles. The van der Waals surface area contributed by atoms with E-state index in [0.29, 0.717) is 44.2 Å². The van der Waals surface area contributed by atoms with Crippen LogP contribution in [0.3, 0.4) is 0 Å². The normalized spacial score (nSPS) is 14.2. The zero-order valence-corrected chi connectivity index (χ0v) is 20.2. The number of hydrogen-bond acceptors (Lipinski definition) is 5. The number of methoxy groups -OCH3 is 1. The lowest BCUT2D eigenvalue weighted by atomic mass is 10.1. The Labute approximate surface area is 205 Å². The summed E-state index contributed by atoms with van der Waals surface area (Å²) in [6.07, 6.45) is 1.75. The molecule has 3 aromatic rings. The van der Waals surface area contributed by atoms with Gasteiger partial charge in [-0.05, 0) is 55.0 Å². The maximum Gasteiger partial charge on any atom is 0.280 e. The lowest BCUT2D eigenvalue weighted by molar-refractivity contribution is -0.118. The summed E-state index contributed by atoms with van der Waals surface area (Å²) < 4.78 is 11.8. The van der Waals surface area contributed by atoms with Crippen molar-refractivity contribution in [3.63, 3.8) is 0 Å². The van der Waals surface area contributed by atoms with Crippen LogP contribution >= 0.6 is 15.9 Å². The molecular formula is C26H22BrN3O4. The first-order valence-electron chi connectivity index (χ1n) is 10.5. The Morgan fingerprint density at radius 3 is 2.41 bits per heavy atom. The fourth-order valence-electron chi connectivity index (χ4n) is 3.38. The average molecular weight is 520 g/mol. The van der Waals surface area contributed by atoms with Gasteiger partial charge in [0.1, 0.15) is 0 Å². The van der Waals surface area contributed by atoms with Gasteiger partial charge in [0, 0.05) is 10.2 Å². The molecule has 1 aliphatic rings. The number of halogens is 1. The Morgan fingerprint density at radius 1 is 1.06 bits per heavy atom. The van der Waals surface area contributed by atoms with Gasteiger partial charge >= 0.3 is 0 Å². The van der Waals surface area contributed by atoms with E-state index in [1.165, 1.54) is 12.1 Å². The van der Waals surface area contributed by atoms with Crippen LogP contribution in [0.4, 0.5) is 11.4 Å². The fourth-order valence-corrected chi connectivity index (χ4v) is 3.82. The zero-order valence-electron chi connectivity index (χ0n) is 18.6. The average Bonchev–Trinajstić information content (AvgIpc) is 3.13. The molecule has 0 radical (unpaired) electrons. The van der Waals surface area contributed by atoms with Gasteiger partial charge in [0.2, 0.25) is 0 Å². The van der Waals surface area contributed by atoms with E-state index in [0.717, 1.165) is 0 Å². The van der Waals surface area contributed by atoms with Gasteiger partial charge in [0.15, 0.2) is 18.1 Å². The van der Waals surface area contributed by atoms with Crippen molar-refractivity contribution >= 4 is 50.9 Å². The number of para-hydroxylation sites is 2. The Morgan fingerprint density at radius 2 is 1.74 bits per heavy atom. The molecular weight excluding hydrogens is 498 g/mol. The smallest absolute Gasteiger partial charge is 0.280 e. The van der Waals surface area contributed by atoms with Gasteiger partial charge in [-0.2, -0.15) is 10.1 Å². The van der Waals surface area contributed by atoms with Crippen LogP contribution in [0, 0.1) is 0 Å². The first-order chi connectivity index (χ1) is 16.5. The third-order valence-corrected chi connectivity index (χ3v) is 5.75. The Hall–Kier alpha value is -3.91. The molecule has 4 rings (SSSR count). The Bertz CT molecular complexity index is 1270. The highest BCUT2D eigenvalue weighted by Crippen LogP contribution is 2.35. The summed E-state index contributed by atoms with van der Waals surface area (Å²) in [7, 11) is 1.52. The van der Waals surface area contributed by atoms with Gasteiger partial charge in [-0.25, -0.2) is 0 Å². The minimum atomic E-state index is -0.292. The van der Waals surface area contributed by atoms with E-state index >= 15 is 0 Å². The highest BCUT2D eigenvalue weighted by molar-refractivity contribution is 9.10. The highest BCUT2D eigenvalue weighted by Gasteiger charge is 2.29. The Kier molecular flexibility index (Phi) is 7.08. The molecule has 0 aromatic heterocycles. The lowest BCUT2D eigenvalue weighted by Crippen LogP contribution is -2.21. The summed E-state index contributed by atoms with van der Waals surface area (Å²) in [5.41, 5.74) is 3.18. The standard InChI is InChI=1S/C26H22BrN3O4/c1-17-21(26(32)30(29-17)20-11-7-4-8-12-20)13-18-14-23(33-2)24(15-22(18)27)34-16-25(31)28-19-9-5-3-6-10-19/h3-15H,16H2,1-2H3,(H,28,31)/b21-13+. The number of nitrogens with zero attached hydrogens (tertiary/aromatic N) is 2. The molecule has 8 heteroatoms. The third-order valence-electron chi connectivity index (χ3n) is 5.06. The number of hydrogen-bond donors (Lipinski definition) is 1. The summed E-state index contributed by atoms with van der Waals surface area (Å²) in [5.74, 6) is 0.323. The molecule has 0 spiro atoms. The van der Waals surface area contributed by atoms with Crippen molar-refractivity contribution in [1.29, 1.82) is 0 Å². The monoisotopic (exact) mass is 519 g/mol. The van der Waals surface area contributed by atoms with Crippen LogP contribution in [-0.4, -0.2) is 31.2 Å². The summed E-state index contributed by atoms with van der Waals surface area (Å²) in [6.45, 7) is 1.61. The molecule has 0 unspecified atom stereocenters. The van der Waals surface area contributed by atoms with Crippen LogP contribution < -0.4 is 19.8 Å². The van der Waals surface area contributed by atoms with Gasteiger partial charge in [-0.3, -0.25) is 9.59 Å². The van der Waals surface area contributed by atoms with Crippen molar-refractivity contribution in [3.05, 3.63) is 88.4 Å². The fraction of sp³-hybridized carbons (Fsp3) is 0.115. The quantitative estimate of drug-likeness (QED) is 0.430. The molecule has 0 aliphatic carbocycles. The first-order valence-corrected chi connectivity index (χ1v) is 11.3. The van der Waals surface area contributed by atoms with Crippen LogP contribution in [0.5, 0.6) is 11.5 Å². The van der Waals surface area contributed by atoms with Crippen molar-refractivity contribution in [2.24, 2.45) is 5.10 Å². The predicted octanol–water partition coefficient (Wildman–Crippen LogP) is 5.28. The van der Waals surface area contributed by atoms with Crippen molar-refractivity contribution in [2.45, 2.75) is 6.92 Å². The topological polar surface area (TPSA) is 80.2 Å². The minimum absolute atomic E-state index is 0.186. The van der Waals surface area contributed by atoms with Gasteiger partial charge in [0.25, 0.3) is 11.8 Å². The van der Waals surface area contributed by atoms with Crippen molar-refractivity contribution in [1.82, 2.24) is 0 Å². The maximum absolute atomic E-state index is 13.0.